The minimum atomic E-state index is -2.03. The smallest absolute Gasteiger partial charge is 0.364 e. The van der Waals surface area contributed by atoms with Crippen LogP contribution in [0.15, 0.2) is 18.2 Å². The lowest BCUT2D eigenvalue weighted by atomic mass is 10.00. The summed E-state index contributed by atoms with van der Waals surface area (Å²) in [5, 5.41) is 12.9. The first-order valence-electron chi connectivity index (χ1n) is 12.8. The summed E-state index contributed by atoms with van der Waals surface area (Å²) in [7, 11) is 0. The number of aliphatic carboxylic acids is 1. The van der Waals surface area contributed by atoms with Crippen molar-refractivity contribution in [2.24, 2.45) is 0 Å². The van der Waals surface area contributed by atoms with Crippen LogP contribution in [-0.4, -0.2) is 40.8 Å². The number of benzene rings is 1. The van der Waals surface area contributed by atoms with E-state index in [1.54, 1.807) is 13.0 Å². The summed E-state index contributed by atoms with van der Waals surface area (Å²) in [6.45, 7) is 8.85. The topological polar surface area (TPSA) is 128 Å². The van der Waals surface area contributed by atoms with E-state index in [4.69, 9.17) is 14.2 Å². The van der Waals surface area contributed by atoms with E-state index < -0.39 is 29.6 Å². The van der Waals surface area contributed by atoms with E-state index in [2.05, 4.69) is 5.32 Å². The van der Waals surface area contributed by atoms with Crippen molar-refractivity contribution < 1.29 is 38.5 Å². The molecular formula is C27H41NO8. The quantitative estimate of drug-likeness (QED) is 0.130. The van der Waals surface area contributed by atoms with Crippen LogP contribution >= 0.6 is 0 Å². The van der Waals surface area contributed by atoms with Crippen LogP contribution in [0.3, 0.4) is 0 Å². The van der Waals surface area contributed by atoms with Gasteiger partial charge in [-0.15, -0.1) is 0 Å². The van der Waals surface area contributed by atoms with Gasteiger partial charge in [0.2, 0.25) is 0 Å². The first-order valence-corrected chi connectivity index (χ1v) is 12.8. The Bertz CT molecular complexity index is 885. The third kappa shape index (κ3) is 10.8. The highest BCUT2D eigenvalue weighted by Gasteiger charge is 2.43. The first-order chi connectivity index (χ1) is 17.1. The van der Waals surface area contributed by atoms with Gasteiger partial charge in [0.25, 0.3) is 5.72 Å². The average Bonchev–Trinajstić information content (AvgIpc) is 2.80. The maximum Gasteiger partial charge on any atom is 0.364 e. The predicted molar refractivity (Wildman–Crippen MR) is 135 cm³/mol. The van der Waals surface area contributed by atoms with Crippen molar-refractivity contribution in [1.82, 2.24) is 5.32 Å². The molecule has 0 aliphatic rings. The number of rotatable bonds is 17. The first kappa shape index (κ1) is 31.1. The Morgan fingerprint density at radius 1 is 0.917 bits per heavy atom. The Morgan fingerprint density at radius 3 is 1.94 bits per heavy atom. The molecule has 2 N–H and O–H groups in total. The van der Waals surface area contributed by atoms with Crippen molar-refractivity contribution in [3.63, 3.8) is 0 Å². The van der Waals surface area contributed by atoms with Gasteiger partial charge in [-0.3, -0.25) is 19.7 Å². The molecule has 0 spiro atoms. The summed E-state index contributed by atoms with van der Waals surface area (Å²) in [6.07, 6.45) is 5.81. The Kier molecular flexibility index (Phi) is 13.8. The summed E-state index contributed by atoms with van der Waals surface area (Å²) in [5.41, 5.74) is -1.61. The Hall–Kier alpha value is -2.94. The molecule has 0 aromatic heterocycles. The van der Waals surface area contributed by atoms with Crippen LogP contribution in [0.2, 0.25) is 0 Å². The summed E-state index contributed by atoms with van der Waals surface area (Å²) in [5.74, 6) is -2.95. The molecule has 0 amide bonds. The van der Waals surface area contributed by atoms with E-state index >= 15 is 0 Å². The fourth-order valence-corrected chi connectivity index (χ4v) is 3.54. The Balaban J connectivity index is 3.30. The van der Waals surface area contributed by atoms with Gasteiger partial charge in [-0.2, -0.15) is 0 Å². The number of carboxylic acid groups (broad SMARTS) is 1. The van der Waals surface area contributed by atoms with Crippen LogP contribution in [0, 0.1) is 0 Å². The molecule has 1 unspecified atom stereocenters. The van der Waals surface area contributed by atoms with Crippen molar-refractivity contribution in [1.29, 1.82) is 0 Å². The van der Waals surface area contributed by atoms with Gasteiger partial charge in [0.1, 0.15) is 0 Å². The number of esters is 3. The number of nitrogens with one attached hydrogen (secondary N) is 1. The predicted octanol–water partition coefficient (Wildman–Crippen LogP) is 4.93. The number of hydrogen-bond acceptors (Lipinski definition) is 8. The highest BCUT2D eigenvalue weighted by Crippen LogP contribution is 2.31. The summed E-state index contributed by atoms with van der Waals surface area (Å²) in [4.78, 5) is 48.8. The fraction of sp³-hybridized carbons (Fsp3) is 0.630. The van der Waals surface area contributed by atoms with Gasteiger partial charge in [0.05, 0.1) is 0 Å². The second-order valence-electron chi connectivity index (χ2n) is 9.00. The standard InChI is InChI=1S/C27H41NO8/c1-6-9-11-13-24(30)34-22-16-15-21(17-23(22)35-25(31)14-12-10-7-2)18-27(26(32)33,36-20(5)29)28-19(4)8-3/h15-17,19,28H,6-14,18H2,1-5H3,(H,32,33)/t19?,27-/m0/s1. The van der Waals surface area contributed by atoms with Gasteiger partial charge in [-0.1, -0.05) is 52.5 Å². The Labute approximate surface area is 213 Å². The minimum Gasteiger partial charge on any atom is -0.477 e. The van der Waals surface area contributed by atoms with Gasteiger partial charge >= 0.3 is 23.9 Å². The molecule has 0 bridgehead atoms. The van der Waals surface area contributed by atoms with Crippen LogP contribution in [-0.2, 0) is 30.3 Å². The summed E-state index contributed by atoms with van der Waals surface area (Å²) < 4.78 is 16.3. The summed E-state index contributed by atoms with van der Waals surface area (Å²) >= 11 is 0. The molecule has 9 nitrogen and oxygen atoms in total. The maximum atomic E-state index is 12.4. The van der Waals surface area contributed by atoms with E-state index in [1.165, 1.54) is 12.1 Å². The molecule has 1 aromatic carbocycles. The number of carbonyl (C=O) groups excluding carboxylic acids is 3. The van der Waals surface area contributed by atoms with Gasteiger partial charge in [-0.05, 0) is 43.9 Å². The van der Waals surface area contributed by atoms with Crippen molar-refractivity contribution in [3.8, 4) is 11.5 Å². The second kappa shape index (κ2) is 15.9. The number of unbranched alkanes of at least 4 members (excludes halogenated alkanes) is 4. The molecule has 0 radical (unpaired) electrons. The maximum absolute atomic E-state index is 12.4. The molecule has 0 aliphatic carbocycles. The van der Waals surface area contributed by atoms with E-state index in [0.717, 1.165) is 32.6 Å². The molecular weight excluding hydrogens is 466 g/mol. The van der Waals surface area contributed by atoms with Gasteiger partial charge < -0.3 is 19.3 Å². The Morgan fingerprint density at radius 2 is 1.47 bits per heavy atom. The van der Waals surface area contributed by atoms with Crippen molar-refractivity contribution in [2.45, 2.75) is 111 Å². The van der Waals surface area contributed by atoms with Crippen LogP contribution in [0.25, 0.3) is 0 Å². The third-order valence-corrected chi connectivity index (χ3v) is 5.63. The van der Waals surface area contributed by atoms with Gasteiger partial charge in [0.15, 0.2) is 11.5 Å². The van der Waals surface area contributed by atoms with Gasteiger partial charge in [-0.25, -0.2) is 4.79 Å². The number of hydrogen-bond donors (Lipinski definition) is 2. The normalized spacial score (nSPS) is 13.4. The van der Waals surface area contributed by atoms with Crippen LogP contribution < -0.4 is 14.8 Å². The van der Waals surface area contributed by atoms with Crippen molar-refractivity contribution in [2.75, 3.05) is 0 Å². The zero-order chi connectivity index (χ0) is 27.1. The van der Waals surface area contributed by atoms with E-state index in [1.807, 2.05) is 20.8 Å². The molecule has 202 valence electrons. The minimum absolute atomic E-state index is 0.0171. The second-order valence-corrected chi connectivity index (χ2v) is 9.00. The zero-order valence-electron chi connectivity index (χ0n) is 22.2. The van der Waals surface area contributed by atoms with E-state index in [-0.39, 0.29) is 36.8 Å². The summed E-state index contributed by atoms with van der Waals surface area (Å²) in [6, 6.07) is 4.21. The lowest BCUT2D eigenvalue weighted by Crippen LogP contribution is -2.59. The number of carbonyl (C=O) groups is 4. The molecule has 0 saturated heterocycles. The van der Waals surface area contributed by atoms with Crippen molar-refractivity contribution in [3.05, 3.63) is 23.8 Å². The van der Waals surface area contributed by atoms with Crippen LogP contribution in [0.4, 0.5) is 0 Å². The molecule has 0 aliphatic heterocycles. The number of ether oxygens (including phenoxy) is 3. The van der Waals surface area contributed by atoms with E-state index in [0.29, 0.717) is 24.8 Å². The van der Waals surface area contributed by atoms with Crippen molar-refractivity contribution >= 4 is 23.9 Å². The monoisotopic (exact) mass is 507 g/mol. The molecule has 1 aromatic rings. The lowest BCUT2D eigenvalue weighted by Gasteiger charge is -2.32. The average molecular weight is 508 g/mol. The highest BCUT2D eigenvalue weighted by molar-refractivity contribution is 5.81. The largest absolute Gasteiger partial charge is 0.477 e. The van der Waals surface area contributed by atoms with Crippen LogP contribution in [0.1, 0.15) is 98.0 Å². The molecule has 0 heterocycles. The highest BCUT2D eigenvalue weighted by atomic mass is 16.6. The molecule has 0 saturated carbocycles. The SMILES string of the molecule is CCCCCC(=O)Oc1ccc(C[C@](NC(C)CC)(OC(C)=O)C(=O)O)cc1OC(=O)CCCCC. The molecule has 9 heteroatoms. The number of carboxylic acids is 1. The van der Waals surface area contributed by atoms with Gasteiger partial charge in [0, 0.05) is 32.2 Å². The lowest BCUT2D eigenvalue weighted by molar-refractivity contribution is -0.183. The fourth-order valence-electron chi connectivity index (χ4n) is 3.54. The zero-order valence-corrected chi connectivity index (χ0v) is 22.2. The molecule has 36 heavy (non-hydrogen) atoms. The molecule has 1 rings (SSSR count). The molecule has 0 fully saturated rings. The van der Waals surface area contributed by atoms with E-state index in [9.17, 15) is 24.3 Å². The molecule has 2 atom stereocenters. The van der Waals surface area contributed by atoms with Crippen LogP contribution in [0.5, 0.6) is 11.5 Å². The third-order valence-electron chi connectivity index (χ3n) is 5.63.